The van der Waals surface area contributed by atoms with Gasteiger partial charge < -0.3 is 9.42 Å². The summed E-state index contributed by atoms with van der Waals surface area (Å²) in [5.41, 5.74) is -0.762. The van der Waals surface area contributed by atoms with Crippen molar-refractivity contribution in [2.24, 2.45) is 5.41 Å². The Bertz CT molecular complexity index is 598. The number of aromatic nitrogens is 2. The van der Waals surface area contributed by atoms with Crippen LogP contribution < -0.4 is 0 Å². The second-order valence-electron chi connectivity index (χ2n) is 6.78. The summed E-state index contributed by atoms with van der Waals surface area (Å²) in [6, 6.07) is 2.24. The van der Waals surface area contributed by atoms with Gasteiger partial charge in [0.15, 0.2) is 5.82 Å². The van der Waals surface area contributed by atoms with E-state index < -0.39 is 5.41 Å². The lowest BCUT2D eigenvalue weighted by Gasteiger charge is -2.40. The van der Waals surface area contributed by atoms with Gasteiger partial charge in [-0.2, -0.15) is 10.2 Å². The number of carbonyl (C=O) groups excluding carboxylic acids is 1. The van der Waals surface area contributed by atoms with Crippen LogP contribution in [0.1, 0.15) is 69.5 Å². The van der Waals surface area contributed by atoms with Gasteiger partial charge >= 0.3 is 0 Å². The lowest BCUT2D eigenvalue weighted by atomic mass is 9.68. The number of nitrogens with zero attached hydrogens (tertiary/aromatic N) is 4. The molecule has 1 saturated heterocycles. The lowest BCUT2D eigenvalue weighted by molar-refractivity contribution is -0.144. The molecule has 118 valence electrons. The van der Waals surface area contributed by atoms with Crippen LogP contribution in [0.3, 0.4) is 0 Å². The van der Waals surface area contributed by atoms with Gasteiger partial charge in [0.2, 0.25) is 11.8 Å². The molecule has 1 saturated carbocycles. The lowest BCUT2D eigenvalue weighted by Crippen LogP contribution is -2.50. The highest BCUT2D eigenvalue weighted by atomic mass is 16.5. The van der Waals surface area contributed by atoms with E-state index in [9.17, 15) is 10.1 Å². The SMILES string of the molecule is CC(C)c1nc(C2CCCN(C(=O)C3(C#N)CCC3)C2)no1. The highest BCUT2D eigenvalue weighted by molar-refractivity contribution is 5.86. The van der Waals surface area contributed by atoms with E-state index in [0.29, 0.717) is 31.1 Å². The number of hydrogen-bond donors (Lipinski definition) is 0. The highest BCUT2D eigenvalue weighted by Crippen LogP contribution is 2.42. The van der Waals surface area contributed by atoms with Crippen molar-refractivity contribution in [1.29, 1.82) is 5.26 Å². The minimum Gasteiger partial charge on any atom is -0.341 e. The number of rotatable bonds is 3. The largest absolute Gasteiger partial charge is 0.341 e. The maximum absolute atomic E-state index is 12.7. The predicted octanol–water partition coefficient (Wildman–Crippen LogP) is 2.59. The summed E-state index contributed by atoms with van der Waals surface area (Å²) in [6.07, 6.45) is 4.25. The molecule has 22 heavy (non-hydrogen) atoms. The Balaban J connectivity index is 1.71. The molecule has 2 heterocycles. The standard InChI is InChI=1S/C16H22N4O2/c1-11(2)14-18-13(19-22-14)12-5-3-8-20(9-12)15(21)16(10-17)6-4-7-16/h11-12H,3-9H2,1-2H3. The number of hydrogen-bond acceptors (Lipinski definition) is 5. The summed E-state index contributed by atoms with van der Waals surface area (Å²) in [5, 5.41) is 13.4. The molecule has 0 aromatic carbocycles. The van der Waals surface area contributed by atoms with Crippen LogP contribution in [-0.2, 0) is 4.79 Å². The van der Waals surface area contributed by atoms with Crippen LogP contribution in [0, 0.1) is 16.7 Å². The highest BCUT2D eigenvalue weighted by Gasteiger charge is 2.47. The molecule has 0 radical (unpaired) electrons. The van der Waals surface area contributed by atoms with E-state index >= 15 is 0 Å². The Labute approximate surface area is 130 Å². The minimum atomic E-state index is -0.762. The molecule has 1 unspecified atom stereocenters. The number of carbonyl (C=O) groups is 1. The van der Waals surface area contributed by atoms with Crippen LogP contribution in [0.2, 0.25) is 0 Å². The molecule has 1 amide bonds. The van der Waals surface area contributed by atoms with Crippen LogP contribution in [0.4, 0.5) is 0 Å². The molecule has 6 heteroatoms. The van der Waals surface area contributed by atoms with Gasteiger partial charge in [0.05, 0.1) is 6.07 Å². The van der Waals surface area contributed by atoms with E-state index in [0.717, 1.165) is 25.8 Å². The fourth-order valence-corrected chi connectivity index (χ4v) is 3.23. The average molecular weight is 302 g/mol. The first-order chi connectivity index (χ1) is 10.6. The zero-order chi connectivity index (χ0) is 15.7. The summed E-state index contributed by atoms with van der Waals surface area (Å²) in [4.78, 5) is 19.0. The van der Waals surface area contributed by atoms with Gasteiger partial charge in [-0.3, -0.25) is 4.79 Å². The number of amides is 1. The molecular formula is C16H22N4O2. The quantitative estimate of drug-likeness (QED) is 0.857. The number of piperidine rings is 1. The summed E-state index contributed by atoms with van der Waals surface area (Å²) in [7, 11) is 0. The fraction of sp³-hybridized carbons (Fsp3) is 0.750. The molecular weight excluding hydrogens is 280 g/mol. The van der Waals surface area contributed by atoms with E-state index in [2.05, 4.69) is 16.2 Å². The van der Waals surface area contributed by atoms with Crippen LogP contribution >= 0.6 is 0 Å². The van der Waals surface area contributed by atoms with E-state index in [1.165, 1.54) is 0 Å². The average Bonchev–Trinajstić information content (AvgIpc) is 2.97. The van der Waals surface area contributed by atoms with E-state index in [1.54, 1.807) is 0 Å². The summed E-state index contributed by atoms with van der Waals surface area (Å²) in [6.45, 7) is 5.36. The van der Waals surface area contributed by atoms with E-state index in [4.69, 9.17) is 4.52 Å². The van der Waals surface area contributed by atoms with Gasteiger partial charge in [0.25, 0.3) is 0 Å². The third-order valence-electron chi connectivity index (χ3n) is 4.86. The van der Waals surface area contributed by atoms with Crippen molar-refractivity contribution in [3.8, 4) is 6.07 Å². The molecule has 1 aliphatic carbocycles. The molecule has 0 spiro atoms. The third-order valence-corrected chi connectivity index (χ3v) is 4.86. The van der Waals surface area contributed by atoms with Gasteiger partial charge in [-0.05, 0) is 32.1 Å². The maximum atomic E-state index is 12.7. The molecule has 0 N–H and O–H groups in total. The van der Waals surface area contributed by atoms with Crippen molar-refractivity contribution < 1.29 is 9.32 Å². The molecule has 2 fully saturated rings. The van der Waals surface area contributed by atoms with E-state index in [1.807, 2.05) is 18.7 Å². The van der Waals surface area contributed by atoms with Gasteiger partial charge in [-0.25, -0.2) is 0 Å². The second kappa shape index (κ2) is 5.71. The third kappa shape index (κ3) is 2.49. The number of likely N-dealkylation sites (tertiary alicyclic amines) is 1. The molecule has 6 nitrogen and oxygen atoms in total. The van der Waals surface area contributed by atoms with Crippen molar-refractivity contribution in [3.63, 3.8) is 0 Å². The fourth-order valence-electron chi connectivity index (χ4n) is 3.23. The second-order valence-corrected chi connectivity index (χ2v) is 6.78. The van der Waals surface area contributed by atoms with Crippen molar-refractivity contribution >= 4 is 5.91 Å². The van der Waals surface area contributed by atoms with Gasteiger partial charge in [0.1, 0.15) is 5.41 Å². The first-order valence-electron chi connectivity index (χ1n) is 8.10. The Kier molecular flexibility index (Phi) is 3.90. The zero-order valence-corrected chi connectivity index (χ0v) is 13.2. The van der Waals surface area contributed by atoms with Gasteiger partial charge in [-0.15, -0.1) is 0 Å². The van der Waals surface area contributed by atoms with Crippen molar-refractivity contribution in [2.75, 3.05) is 13.1 Å². The Hall–Kier alpha value is -1.90. The first-order valence-corrected chi connectivity index (χ1v) is 8.10. The molecule has 1 aromatic rings. The summed E-state index contributed by atoms with van der Waals surface area (Å²) < 4.78 is 5.28. The summed E-state index contributed by atoms with van der Waals surface area (Å²) >= 11 is 0. The van der Waals surface area contributed by atoms with Crippen molar-refractivity contribution in [1.82, 2.24) is 15.0 Å². The first kappa shape index (κ1) is 15.0. The Morgan fingerprint density at radius 1 is 1.45 bits per heavy atom. The van der Waals surface area contributed by atoms with Crippen LogP contribution in [0.15, 0.2) is 4.52 Å². The van der Waals surface area contributed by atoms with Gasteiger partial charge in [0, 0.05) is 24.9 Å². The van der Waals surface area contributed by atoms with Crippen LogP contribution in [0.25, 0.3) is 0 Å². The molecule has 1 atom stereocenters. The number of nitriles is 1. The normalized spacial score (nSPS) is 23.9. The van der Waals surface area contributed by atoms with Crippen molar-refractivity contribution in [2.45, 2.75) is 57.8 Å². The predicted molar refractivity (Wildman–Crippen MR) is 78.8 cm³/mol. The van der Waals surface area contributed by atoms with Crippen LogP contribution in [0.5, 0.6) is 0 Å². The summed E-state index contributed by atoms with van der Waals surface area (Å²) in [5.74, 6) is 1.66. The maximum Gasteiger partial charge on any atom is 0.243 e. The van der Waals surface area contributed by atoms with Crippen LogP contribution in [-0.4, -0.2) is 34.0 Å². The Morgan fingerprint density at radius 3 is 2.77 bits per heavy atom. The molecule has 2 aliphatic rings. The topological polar surface area (TPSA) is 83.0 Å². The molecule has 1 aromatic heterocycles. The van der Waals surface area contributed by atoms with Crippen molar-refractivity contribution in [3.05, 3.63) is 11.7 Å². The van der Waals surface area contributed by atoms with Gasteiger partial charge in [-0.1, -0.05) is 19.0 Å². The Morgan fingerprint density at radius 2 is 2.23 bits per heavy atom. The molecule has 3 rings (SSSR count). The molecule has 0 bridgehead atoms. The molecule has 1 aliphatic heterocycles. The monoisotopic (exact) mass is 302 g/mol. The zero-order valence-electron chi connectivity index (χ0n) is 13.2. The minimum absolute atomic E-state index is 0.00136. The smallest absolute Gasteiger partial charge is 0.243 e. The van der Waals surface area contributed by atoms with E-state index in [-0.39, 0.29) is 17.7 Å².